The van der Waals surface area contributed by atoms with Gasteiger partial charge in [-0.25, -0.2) is 4.98 Å². The van der Waals surface area contributed by atoms with E-state index in [1.54, 1.807) is 6.33 Å². The molecule has 1 heterocycles. The van der Waals surface area contributed by atoms with Gasteiger partial charge in [-0.3, -0.25) is 0 Å². The first-order valence-corrected chi connectivity index (χ1v) is 4.85. The second-order valence-electron chi connectivity index (χ2n) is 2.81. The van der Waals surface area contributed by atoms with Gasteiger partial charge in [0.05, 0.1) is 6.33 Å². The van der Waals surface area contributed by atoms with E-state index in [1.807, 2.05) is 30.3 Å². The van der Waals surface area contributed by atoms with Crippen molar-refractivity contribution in [3.8, 4) is 11.3 Å². The molecule has 2 rings (SSSR count). The summed E-state index contributed by atoms with van der Waals surface area (Å²) in [6, 6.07) is 9.37. The molecule has 4 heteroatoms. The van der Waals surface area contributed by atoms with Crippen LogP contribution < -0.4 is 0 Å². The molecule has 1 N–H and O–H groups in total. The third-order valence-corrected chi connectivity index (χ3v) is 2.31. The Morgan fingerprint density at radius 3 is 2.57 bits per heavy atom. The number of benzene rings is 1. The predicted molar refractivity (Wildman–Crippen MR) is 59.9 cm³/mol. The van der Waals surface area contributed by atoms with Crippen LogP contribution in [0.4, 0.5) is 0 Å². The predicted octanol–water partition coefficient (Wildman–Crippen LogP) is 3.46. The zero-order chi connectivity index (χ0) is 9.97. The van der Waals surface area contributed by atoms with E-state index in [1.165, 1.54) is 0 Å². The van der Waals surface area contributed by atoms with Crippen LogP contribution >= 0.6 is 23.8 Å². The summed E-state index contributed by atoms with van der Waals surface area (Å²) >= 11 is 10.8. The van der Waals surface area contributed by atoms with Crippen molar-refractivity contribution in [1.29, 1.82) is 0 Å². The Balaban J connectivity index is 2.50. The smallest absolute Gasteiger partial charge is 0.130 e. The van der Waals surface area contributed by atoms with Gasteiger partial charge in [0.15, 0.2) is 0 Å². The Labute approximate surface area is 91.6 Å². The van der Waals surface area contributed by atoms with Crippen LogP contribution in [0, 0.1) is 4.64 Å². The lowest BCUT2D eigenvalue weighted by atomic mass is 10.1. The first-order chi connectivity index (χ1) is 6.75. The molecular formula is C10H7ClN2S. The summed E-state index contributed by atoms with van der Waals surface area (Å²) in [6.45, 7) is 0. The number of aromatic amines is 1. The SMILES string of the molecule is S=c1cc(-c2ccc(Cl)cc2)[nH]cn1. The van der Waals surface area contributed by atoms with E-state index in [9.17, 15) is 0 Å². The molecule has 2 nitrogen and oxygen atoms in total. The highest BCUT2D eigenvalue weighted by molar-refractivity contribution is 7.71. The number of nitrogens with one attached hydrogen (secondary N) is 1. The first kappa shape index (κ1) is 9.37. The second-order valence-corrected chi connectivity index (χ2v) is 3.66. The minimum atomic E-state index is 0.578. The number of hydrogen-bond acceptors (Lipinski definition) is 2. The molecule has 0 saturated carbocycles. The van der Waals surface area contributed by atoms with E-state index < -0.39 is 0 Å². The van der Waals surface area contributed by atoms with Gasteiger partial charge in [0.2, 0.25) is 0 Å². The number of rotatable bonds is 1. The highest BCUT2D eigenvalue weighted by Crippen LogP contribution is 2.18. The van der Waals surface area contributed by atoms with Crippen molar-refractivity contribution in [2.45, 2.75) is 0 Å². The number of H-pyrrole nitrogens is 1. The Morgan fingerprint density at radius 2 is 1.93 bits per heavy atom. The summed E-state index contributed by atoms with van der Waals surface area (Å²) in [5.41, 5.74) is 1.99. The first-order valence-electron chi connectivity index (χ1n) is 4.06. The van der Waals surface area contributed by atoms with Crippen LogP contribution in [0.25, 0.3) is 11.3 Å². The Kier molecular flexibility index (Phi) is 2.61. The van der Waals surface area contributed by atoms with E-state index in [2.05, 4.69) is 9.97 Å². The number of nitrogens with zero attached hydrogens (tertiary/aromatic N) is 1. The highest BCUT2D eigenvalue weighted by Gasteiger charge is 1.96. The summed E-state index contributed by atoms with van der Waals surface area (Å²) in [5, 5.41) is 0.724. The molecular weight excluding hydrogens is 216 g/mol. The van der Waals surface area contributed by atoms with Crippen molar-refractivity contribution in [3.05, 3.63) is 46.3 Å². The lowest BCUT2D eigenvalue weighted by Gasteiger charge is -2.00. The molecule has 0 aliphatic heterocycles. The van der Waals surface area contributed by atoms with Gasteiger partial charge in [-0.1, -0.05) is 36.0 Å². The molecule has 0 bridgehead atoms. The average molecular weight is 223 g/mol. The molecule has 1 aromatic heterocycles. The fourth-order valence-corrected chi connectivity index (χ4v) is 1.46. The normalized spacial score (nSPS) is 10.1. The molecule has 70 valence electrons. The van der Waals surface area contributed by atoms with Gasteiger partial charge in [-0.2, -0.15) is 0 Å². The van der Waals surface area contributed by atoms with Crippen LogP contribution in [-0.2, 0) is 0 Å². The van der Waals surface area contributed by atoms with Gasteiger partial charge in [-0.15, -0.1) is 0 Å². The van der Waals surface area contributed by atoms with Crippen LogP contribution in [0.1, 0.15) is 0 Å². The van der Waals surface area contributed by atoms with E-state index in [0.717, 1.165) is 16.3 Å². The van der Waals surface area contributed by atoms with Gasteiger partial charge in [-0.05, 0) is 23.8 Å². The Morgan fingerprint density at radius 1 is 1.21 bits per heavy atom. The summed E-state index contributed by atoms with van der Waals surface area (Å²) < 4.78 is 0.578. The van der Waals surface area contributed by atoms with Crippen LogP contribution in [0.5, 0.6) is 0 Å². The van der Waals surface area contributed by atoms with Crippen LogP contribution in [-0.4, -0.2) is 9.97 Å². The topological polar surface area (TPSA) is 28.7 Å². The van der Waals surface area contributed by atoms with Crippen LogP contribution in [0.2, 0.25) is 5.02 Å². The lowest BCUT2D eigenvalue weighted by molar-refractivity contribution is 1.16. The van der Waals surface area contributed by atoms with Gasteiger partial charge in [0, 0.05) is 10.7 Å². The number of hydrogen-bond donors (Lipinski definition) is 1. The number of halogens is 1. The molecule has 0 fully saturated rings. The van der Waals surface area contributed by atoms with E-state index >= 15 is 0 Å². The molecule has 0 aliphatic rings. The van der Waals surface area contributed by atoms with E-state index in [-0.39, 0.29) is 0 Å². The summed E-state index contributed by atoms with van der Waals surface area (Å²) in [6.07, 6.45) is 1.59. The zero-order valence-corrected chi connectivity index (χ0v) is 8.77. The number of aromatic nitrogens is 2. The van der Waals surface area contributed by atoms with E-state index in [0.29, 0.717) is 4.64 Å². The molecule has 0 amide bonds. The monoisotopic (exact) mass is 222 g/mol. The Hall–Kier alpha value is -1.19. The molecule has 14 heavy (non-hydrogen) atoms. The van der Waals surface area contributed by atoms with E-state index in [4.69, 9.17) is 23.8 Å². The van der Waals surface area contributed by atoms with Crippen molar-refractivity contribution in [2.75, 3.05) is 0 Å². The molecule has 0 spiro atoms. The standard InChI is InChI=1S/C10H7ClN2S/c11-8-3-1-7(2-4-8)9-5-10(14)13-6-12-9/h1-6H,(H,12,13,14). The van der Waals surface area contributed by atoms with Gasteiger partial charge >= 0.3 is 0 Å². The lowest BCUT2D eigenvalue weighted by Crippen LogP contribution is -1.84. The molecule has 0 radical (unpaired) electrons. The summed E-state index contributed by atoms with van der Waals surface area (Å²) in [5.74, 6) is 0. The van der Waals surface area contributed by atoms with Crippen molar-refractivity contribution in [2.24, 2.45) is 0 Å². The minimum absolute atomic E-state index is 0.578. The van der Waals surface area contributed by atoms with Gasteiger partial charge in [0.25, 0.3) is 0 Å². The zero-order valence-electron chi connectivity index (χ0n) is 7.20. The van der Waals surface area contributed by atoms with Crippen molar-refractivity contribution >= 4 is 23.8 Å². The molecule has 0 atom stereocenters. The van der Waals surface area contributed by atoms with Crippen molar-refractivity contribution < 1.29 is 0 Å². The molecule has 0 unspecified atom stereocenters. The molecule has 0 saturated heterocycles. The van der Waals surface area contributed by atoms with Crippen LogP contribution in [0.15, 0.2) is 36.7 Å². The van der Waals surface area contributed by atoms with Gasteiger partial charge in [0.1, 0.15) is 4.64 Å². The molecule has 0 aliphatic carbocycles. The van der Waals surface area contributed by atoms with Crippen molar-refractivity contribution in [1.82, 2.24) is 9.97 Å². The average Bonchev–Trinajstić information content (AvgIpc) is 2.19. The highest BCUT2D eigenvalue weighted by atomic mass is 35.5. The van der Waals surface area contributed by atoms with Gasteiger partial charge < -0.3 is 4.98 Å². The second kappa shape index (κ2) is 3.90. The summed E-state index contributed by atoms with van der Waals surface area (Å²) in [7, 11) is 0. The fraction of sp³-hybridized carbons (Fsp3) is 0. The maximum Gasteiger partial charge on any atom is 0.130 e. The maximum absolute atomic E-state index is 5.79. The third kappa shape index (κ3) is 2.00. The Bertz CT molecular complexity index is 490. The minimum Gasteiger partial charge on any atom is -0.346 e. The third-order valence-electron chi connectivity index (χ3n) is 1.83. The maximum atomic E-state index is 5.79. The largest absolute Gasteiger partial charge is 0.346 e. The molecule has 2 aromatic rings. The quantitative estimate of drug-likeness (QED) is 0.749. The fourth-order valence-electron chi connectivity index (χ4n) is 1.16. The van der Waals surface area contributed by atoms with Crippen molar-refractivity contribution in [3.63, 3.8) is 0 Å². The van der Waals surface area contributed by atoms with Crippen LogP contribution in [0.3, 0.4) is 0 Å². The molecule has 1 aromatic carbocycles. The summed E-state index contributed by atoms with van der Waals surface area (Å²) in [4.78, 5) is 6.94.